The second-order valence-electron chi connectivity index (χ2n) is 20.6. The lowest BCUT2D eigenvalue weighted by Gasteiger charge is -2.41. The van der Waals surface area contributed by atoms with Crippen LogP contribution in [0.2, 0.25) is 0 Å². The molecule has 0 spiro atoms. The molecule has 4 rings (SSSR count). The topological polar surface area (TPSA) is 167 Å². The van der Waals surface area contributed by atoms with Crippen molar-refractivity contribution in [3.63, 3.8) is 0 Å². The van der Waals surface area contributed by atoms with Crippen molar-refractivity contribution in [2.75, 3.05) is 39.3 Å². The van der Waals surface area contributed by atoms with Crippen LogP contribution in [0.15, 0.2) is 117 Å². The zero-order chi connectivity index (χ0) is 48.9. The molecule has 0 amide bonds. The zero-order valence-corrected chi connectivity index (χ0v) is 43.7. The first-order valence-electron chi connectivity index (χ1n) is 22.1. The molecule has 4 aromatic carbocycles. The quantitative estimate of drug-likeness (QED) is 0.0703. The Morgan fingerprint density at radius 3 is 1.03 bits per heavy atom. The van der Waals surface area contributed by atoms with Crippen LogP contribution in [-0.4, -0.2) is 81.6 Å². The first-order chi connectivity index (χ1) is 29.8. The lowest BCUT2D eigenvalue weighted by molar-refractivity contribution is 0.131. The van der Waals surface area contributed by atoms with E-state index < -0.39 is 61.8 Å². The molecule has 12 nitrogen and oxygen atoms in total. The Labute approximate surface area is 391 Å². The van der Waals surface area contributed by atoms with Gasteiger partial charge in [-0.3, -0.25) is 0 Å². The van der Waals surface area contributed by atoms with E-state index in [9.17, 15) is 33.7 Å². The van der Waals surface area contributed by atoms with Crippen LogP contribution in [-0.2, 0) is 40.1 Å². The van der Waals surface area contributed by atoms with Crippen molar-refractivity contribution in [3.05, 3.63) is 119 Å². The van der Waals surface area contributed by atoms with E-state index >= 15 is 0 Å². The number of nitrogens with one attached hydrogen (secondary N) is 2. The molecule has 0 fully saturated rings. The minimum atomic E-state index is -4.19. The molecule has 0 aliphatic rings. The van der Waals surface area contributed by atoms with Crippen molar-refractivity contribution in [2.45, 2.75) is 122 Å². The molecule has 0 heterocycles. The zero-order valence-electron chi connectivity index (χ0n) is 40.4. The van der Waals surface area contributed by atoms with Crippen LogP contribution in [0, 0.1) is 49.4 Å². The molecule has 1 atom stereocenters. The molecule has 360 valence electrons. The SMILES string of the molecule is CCC(C)(CN(CCN(CC(C)(C)CC(C)(C)CNS(=O)(=O)c1ccc(C)cc1)S(=O)(=O)c1ccc(C)cc1)S(=O)(=O)c1ccc(C)cc1)CC(C)(C)CNS(=O)(=O)c1ccc(C)cc1. The van der Waals surface area contributed by atoms with Gasteiger partial charge in [-0.2, -0.15) is 8.61 Å². The van der Waals surface area contributed by atoms with Crippen LogP contribution < -0.4 is 9.44 Å². The molecular formula is C49H72N4O8S4. The smallest absolute Gasteiger partial charge is 0.211 e. The average Bonchev–Trinajstić information content (AvgIpc) is 3.20. The lowest BCUT2D eigenvalue weighted by atomic mass is 9.72. The summed E-state index contributed by atoms with van der Waals surface area (Å²) in [6.07, 6.45) is 1.40. The van der Waals surface area contributed by atoms with Crippen molar-refractivity contribution in [3.8, 4) is 0 Å². The largest absolute Gasteiger partial charge is 0.243 e. The van der Waals surface area contributed by atoms with Crippen LogP contribution in [0.5, 0.6) is 0 Å². The Morgan fingerprint density at radius 2 is 0.708 bits per heavy atom. The maximum Gasteiger partial charge on any atom is 0.243 e. The molecule has 0 aliphatic carbocycles. The molecule has 0 bridgehead atoms. The standard InChI is InChI=1S/C49H72N4O8S4/c1-13-49(12,33-47(8,9)35-51-63(56,57)43-24-16-39(3)17-25-43)37-53(65(60,61)45-28-20-41(5)21-29-45)31-30-52(64(58,59)44-26-18-40(4)19-27-44)36-48(10,11)32-46(6,7)34-50-62(54,55)42-22-14-38(2)15-23-42/h14-29,50-51H,13,30-37H2,1-12H3. The summed E-state index contributed by atoms with van der Waals surface area (Å²) in [6.45, 7) is 23.0. The number of aryl methyl sites for hydroxylation is 4. The van der Waals surface area contributed by atoms with E-state index in [0.717, 1.165) is 22.3 Å². The number of hydrogen-bond donors (Lipinski definition) is 2. The Bertz CT molecular complexity index is 2670. The number of benzene rings is 4. The van der Waals surface area contributed by atoms with Crippen LogP contribution in [0.25, 0.3) is 0 Å². The van der Waals surface area contributed by atoms with Crippen molar-refractivity contribution >= 4 is 40.1 Å². The molecule has 2 N–H and O–H groups in total. The summed E-state index contributed by atoms with van der Waals surface area (Å²) in [6, 6.07) is 26.4. The van der Waals surface area contributed by atoms with E-state index in [2.05, 4.69) is 9.44 Å². The van der Waals surface area contributed by atoms with Gasteiger partial charge in [0.1, 0.15) is 0 Å². The van der Waals surface area contributed by atoms with E-state index in [-0.39, 0.29) is 58.9 Å². The Morgan fingerprint density at radius 1 is 0.415 bits per heavy atom. The fourth-order valence-electron chi connectivity index (χ4n) is 8.52. The highest BCUT2D eigenvalue weighted by molar-refractivity contribution is 7.90. The molecule has 4 aromatic rings. The number of hydrogen-bond acceptors (Lipinski definition) is 8. The molecule has 0 aliphatic heterocycles. The van der Waals surface area contributed by atoms with Gasteiger partial charge in [-0.25, -0.2) is 43.1 Å². The van der Waals surface area contributed by atoms with E-state index in [1.165, 1.54) is 8.61 Å². The summed E-state index contributed by atoms with van der Waals surface area (Å²) >= 11 is 0. The predicted molar refractivity (Wildman–Crippen MR) is 262 cm³/mol. The first kappa shape index (κ1) is 54.1. The second kappa shape index (κ2) is 20.8. The first-order valence-corrected chi connectivity index (χ1v) is 27.9. The molecule has 0 radical (unpaired) electrons. The fourth-order valence-corrected chi connectivity index (χ4v) is 14.2. The van der Waals surface area contributed by atoms with Gasteiger partial charge in [-0.1, -0.05) is 126 Å². The molecule has 1 unspecified atom stereocenters. The Balaban J connectivity index is 1.66. The number of rotatable bonds is 24. The minimum Gasteiger partial charge on any atom is -0.211 e. The van der Waals surface area contributed by atoms with Crippen LogP contribution in [0.4, 0.5) is 0 Å². The molecule has 0 saturated carbocycles. The van der Waals surface area contributed by atoms with E-state index in [4.69, 9.17) is 0 Å². The van der Waals surface area contributed by atoms with Gasteiger partial charge in [-0.05, 0) is 117 Å². The highest BCUT2D eigenvalue weighted by Gasteiger charge is 2.40. The monoisotopic (exact) mass is 972 g/mol. The summed E-state index contributed by atoms with van der Waals surface area (Å²) in [5.41, 5.74) is 1.01. The molecule has 16 heteroatoms. The highest BCUT2D eigenvalue weighted by Crippen LogP contribution is 2.39. The molecule has 0 saturated heterocycles. The summed E-state index contributed by atoms with van der Waals surface area (Å²) in [5, 5.41) is 0. The lowest BCUT2D eigenvalue weighted by Crippen LogP contribution is -2.48. The van der Waals surface area contributed by atoms with Gasteiger partial charge < -0.3 is 0 Å². The van der Waals surface area contributed by atoms with Gasteiger partial charge in [0.05, 0.1) is 19.6 Å². The molecule has 65 heavy (non-hydrogen) atoms. The van der Waals surface area contributed by atoms with E-state index in [0.29, 0.717) is 19.3 Å². The maximum absolute atomic E-state index is 14.8. The van der Waals surface area contributed by atoms with Crippen LogP contribution in [0.3, 0.4) is 0 Å². The van der Waals surface area contributed by atoms with E-state index in [1.54, 1.807) is 97.1 Å². The van der Waals surface area contributed by atoms with Crippen molar-refractivity contribution in [2.24, 2.45) is 21.7 Å². The number of sulfonamides is 4. The third-order valence-corrected chi connectivity index (χ3v) is 18.5. The third-order valence-electron chi connectivity index (χ3n) is 11.9. The Hall–Kier alpha value is -3.48. The van der Waals surface area contributed by atoms with Crippen LogP contribution in [0.1, 0.15) is 96.9 Å². The van der Waals surface area contributed by atoms with E-state index in [1.807, 2.05) is 83.1 Å². The predicted octanol–water partition coefficient (Wildman–Crippen LogP) is 8.83. The summed E-state index contributed by atoms with van der Waals surface area (Å²) in [7, 11) is -16.0. The van der Waals surface area contributed by atoms with Gasteiger partial charge in [0, 0.05) is 39.3 Å². The van der Waals surface area contributed by atoms with Gasteiger partial charge in [-0.15, -0.1) is 0 Å². The normalized spacial score (nSPS) is 14.5. The minimum absolute atomic E-state index is 0.00890. The van der Waals surface area contributed by atoms with Gasteiger partial charge >= 0.3 is 0 Å². The van der Waals surface area contributed by atoms with Crippen molar-refractivity contribution in [1.29, 1.82) is 0 Å². The van der Waals surface area contributed by atoms with Gasteiger partial charge in [0.2, 0.25) is 40.1 Å². The highest BCUT2D eigenvalue weighted by atomic mass is 32.2. The maximum atomic E-state index is 14.8. The summed E-state index contributed by atoms with van der Waals surface area (Å²) in [4.78, 5) is 0.469. The third kappa shape index (κ3) is 15.3. The molecular weight excluding hydrogens is 901 g/mol. The summed E-state index contributed by atoms with van der Waals surface area (Å²) < 4.78 is 120. The molecule has 0 aromatic heterocycles. The van der Waals surface area contributed by atoms with Crippen molar-refractivity contribution in [1.82, 2.24) is 18.1 Å². The van der Waals surface area contributed by atoms with Gasteiger partial charge in [0.25, 0.3) is 0 Å². The number of nitrogens with zero attached hydrogens (tertiary/aromatic N) is 2. The summed E-state index contributed by atoms with van der Waals surface area (Å²) in [5.74, 6) is 0. The average molecular weight is 973 g/mol. The Kier molecular flexibility index (Phi) is 17.3. The van der Waals surface area contributed by atoms with Gasteiger partial charge in [0.15, 0.2) is 0 Å². The fraction of sp³-hybridized carbons (Fsp3) is 0.510. The second-order valence-corrected chi connectivity index (χ2v) is 28.0. The van der Waals surface area contributed by atoms with Crippen molar-refractivity contribution < 1.29 is 33.7 Å². The van der Waals surface area contributed by atoms with Crippen LogP contribution >= 0.6 is 0 Å².